The van der Waals surface area contributed by atoms with Gasteiger partial charge in [-0.25, -0.2) is 15.1 Å². The van der Waals surface area contributed by atoms with Gasteiger partial charge in [-0.2, -0.15) is 23.4 Å². The molecule has 2 aromatic carbocycles. The van der Waals surface area contributed by atoms with Gasteiger partial charge in [0.05, 0.1) is 19.0 Å². The van der Waals surface area contributed by atoms with E-state index in [1.54, 1.807) is 54.6 Å². The molecule has 0 atom stereocenters. The van der Waals surface area contributed by atoms with E-state index in [1.165, 1.54) is 18.7 Å². The molecule has 0 aliphatic rings. The predicted octanol–water partition coefficient (Wildman–Crippen LogP) is 4.79. The molecule has 4 rings (SSSR count). The molecule has 0 aliphatic carbocycles. The lowest BCUT2D eigenvalue weighted by Gasteiger charge is -2.06. The zero-order valence-corrected chi connectivity index (χ0v) is 17.9. The Morgan fingerprint density at radius 1 is 1.15 bits per heavy atom. The topological polar surface area (TPSA) is 81.4 Å². The van der Waals surface area contributed by atoms with Gasteiger partial charge in [0.2, 0.25) is 5.13 Å². The minimum atomic E-state index is -4.66. The van der Waals surface area contributed by atoms with Crippen LogP contribution in [0.15, 0.2) is 71.1 Å². The number of alkyl halides is 3. The second kappa shape index (κ2) is 9.25. The number of hydrogen-bond acceptors (Lipinski definition) is 6. The minimum absolute atomic E-state index is 0.0809. The molecule has 0 spiro atoms. The van der Waals surface area contributed by atoms with Crippen LogP contribution in [0.5, 0.6) is 5.75 Å². The average Bonchev–Trinajstić information content (AvgIpc) is 3.47. The highest BCUT2D eigenvalue weighted by Crippen LogP contribution is 2.34. The second-order valence-corrected chi connectivity index (χ2v) is 7.52. The van der Waals surface area contributed by atoms with Gasteiger partial charge in [0.15, 0.2) is 5.69 Å². The van der Waals surface area contributed by atoms with Crippen molar-refractivity contribution in [3.8, 4) is 22.1 Å². The molecule has 33 heavy (non-hydrogen) atoms. The summed E-state index contributed by atoms with van der Waals surface area (Å²) in [7, 11) is 1.53. The van der Waals surface area contributed by atoms with E-state index in [9.17, 15) is 18.0 Å². The maximum absolute atomic E-state index is 13.6. The zero-order valence-electron chi connectivity index (χ0n) is 17.1. The molecule has 0 bridgehead atoms. The van der Waals surface area contributed by atoms with Crippen molar-refractivity contribution >= 4 is 23.5 Å². The van der Waals surface area contributed by atoms with Gasteiger partial charge in [-0.15, -0.1) is 11.3 Å². The highest BCUT2D eigenvalue weighted by Gasteiger charge is 2.37. The van der Waals surface area contributed by atoms with Crippen LogP contribution in [0.3, 0.4) is 0 Å². The average molecular weight is 471 g/mol. The first-order chi connectivity index (χ1) is 15.8. The lowest BCUT2D eigenvalue weighted by atomic mass is 10.1. The number of thiazole rings is 1. The second-order valence-electron chi connectivity index (χ2n) is 6.68. The van der Waals surface area contributed by atoms with Crippen LogP contribution >= 0.6 is 11.3 Å². The van der Waals surface area contributed by atoms with Crippen LogP contribution < -0.4 is 10.2 Å². The summed E-state index contributed by atoms with van der Waals surface area (Å²) in [6.45, 7) is 0. The molecule has 0 saturated heterocycles. The Morgan fingerprint density at radius 3 is 2.67 bits per heavy atom. The fourth-order valence-corrected chi connectivity index (χ4v) is 3.66. The molecule has 2 heterocycles. The summed E-state index contributed by atoms with van der Waals surface area (Å²) in [5.74, 6) is -0.0374. The number of nitrogens with one attached hydrogen (secondary N) is 1. The number of aromatic nitrogens is 3. The molecule has 2 aromatic heterocycles. The highest BCUT2D eigenvalue weighted by molar-refractivity contribution is 7.12. The van der Waals surface area contributed by atoms with E-state index >= 15 is 0 Å². The molecule has 7 nitrogen and oxygen atoms in total. The number of hydrazone groups is 1. The quantitative estimate of drug-likeness (QED) is 0.324. The number of methoxy groups -OCH3 is 1. The Labute approximate surface area is 190 Å². The molecule has 0 radical (unpaired) electrons. The van der Waals surface area contributed by atoms with Crippen LogP contribution in [0.2, 0.25) is 0 Å². The Morgan fingerprint density at radius 2 is 1.94 bits per heavy atom. The standard InChI is InChI=1S/C22H16F3N5O2S/c1-32-16-9-5-6-14(10-16)12-26-28-20(31)18-13-33-21(27-18)30-19(22(23,24)25)11-17(29-30)15-7-3-2-4-8-15/h2-13H,1H3,(H,28,31)/b26-12-. The number of nitrogens with zero attached hydrogens (tertiary/aromatic N) is 4. The molecule has 4 aromatic rings. The van der Waals surface area contributed by atoms with Crippen LogP contribution in [0.1, 0.15) is 21.7 Å². The van der Waals surface area contributed by atoms with Crippen LogP contribution in [0.4, 0.5) is 13.2 Å². The van der Waals surface area contributed by atoms with E-state index < -0.39 is 17.8 Å². The van der Waals surface area contributed by atoms with Gasteiger partial charge < -0.3 is 4.74 Å². The normalized spacial score (nSPS) is 11.6. The van der Waals surface area contributed by atoms with E-state index in [0.29, 0.717) is 21.6 Å². The SMILES string of the molecule is COc1cccc(/C=N\NC(=O)c2csc(-n3nc(-c4ccccc4)cc3C(F)(F)F)n2)c1. The number of rotatable bonds is 6. The largest absolute Gasteiger partial charge is 0.497 e. The van der Waals surface area contributed by atoms with E-state index in [1.807, 2.05) is 0 Å². The van der Waals surface area contributed by atoms with E-state index in [-0.39, 0.29) is 16.5 Å². The Hall–Kier alpha value is -3.99. The minimum Gasteiger partial charge on any atom is -0.497 e. The smallest absolute Gasteiger partial charge is 0.433 e. The van der Waals surface area contributed by atoms with Crippen LogP contribution in [-0.2, 0) is 6.18 Å². The number of carbonyl (C=O) groups excluding carboxylic acids is 1. The fraction of sp³-hybridized carbons (Fsp3) is 0.0909. The first kappa shape index (κ1) is 22.2. The van der Waals surface area contributed by atoms with Gasteiger partial charge in [-0.3, -0.25) is 4.79 Å². The number of halogens is 3. The van der Waals surface area contributed by atoms with Crippen LogP contribution in [0.25, 0.3) is 16.4 Å². The van der Waals surface area contributed by atoms with E-state index in [2.05, 4.69) is 20.6 Å². The summed E-state index contributed by atoms with van der Waals surface area (Å²) in [6.07, 6.45) is -3.25. The third-order valence-electron chi connectivity index (χ3n) is 4.45. The van der Waals surface area contributed by atoms with Crippen molar-refractivity contribution in [3.05, 3.63) is 83.0 Å². The van der Waals surface area contributed by atoms with Gasteiger partial charge in [-0.1, -0.05) is 42.5 Å². The lowest BCUT2D eigenvalue weighted by Crippen LogP contribution is -2.18. The van der Waals surface area contributed by atoms with Crippen LogP contribution in [0, 0.1) is 0 Å². The maximum Gasteiger partial charge on any atom is 0.433 e. The fourth-order valence-electron chi connectivity index (χ4n) is 2.89. The number of hydrogen-bond donors (Lipinski definition) is 1. The molecule has 0 saturated carbocycles. The van der Waals surface area contributed by atoms with Gasteiger partial charge >= 0.3 is 6.18 Å². The zero-order chi connectivity index (χ0) is 23.4. The summed E-state index contributed by atoms with van der Waals surface area (Å²) in [4.78, 5) is 16.4. The summed E-state index contributed by atoms with van der Waals surface area (Å²) in [6, 6.07) is 16.5. The van der Waals surface area contributed by atoms with Gasteiger partial charge in [0.1, 0.15) is 11.4 Å². The molecule has 1 amide bonds. The summed E-state index contributed by atoms with van der Waals surface area (Å²) >= 11 is 0.865. The van der Waals surface area contributed by atoms with Crippen molar-refractivity contribution in [2.45, 2.75) is 6.18 Å². The first-order valence-electron chi connectivity index (χ1n) is 9.51. The molecule has 1 N–H and O–H groups in total. The molecule has 168 valence electrons. The van der Waals surface area contributed by atoms with E-state index in [0.717, 1.165) is 17.4 Å². The molecule has 0 unspecified atom stereocenters. The molecular weight excluding hydrogens is 455 g/mol. The van der Waals surface area contributed by atoms with Crippen molar-refractivity contribution in [1.29, 1.82) is 0 Å². The molecular formula is C22H16F3N5O2S. The maximum atomic E-state index is 13.6. The summed E-state index contributed by atoms with van der Waals surface area (Å²) < 4.78 is 46.7. The lowest BCUT2D eigenvalue weighted by molar-refractivity contribution is -0.142. The number of ether oxygens (including phenoxy) is 1. The van der Waals surface area contributed by atoms with Crippen molar-refractivity contribution < 1.29 is 22.7 Å². The van der Waals surface area contributed by atoms with Crippen molar-refractivity contribution in [1.82, 2.24) is 20.2 Å². The Kier molecular flexibility index (Phi) is 6.22. The van der Waals surface area contributed by atoms with Gasteiger partial charge in [-0.05, 0) is 23.8 Å². The van der Waals surface area contributed by atoms with Crippen molar-refractivity contribution in [2.24, 2.45) is 5.10 Å². The molecule has 0 fully saturated rings. The van der Waals surface area contributed by atoms with Gasteiger partial charge in [0.25, 0.3) is 5.91 Å². The van der Waals surface area contributed by atoms with Crippen LogP contribution in [-0.4, -0.2) is 34.0 Å². The Bertz CT molecular complexity index is 1300. The number of benzene rings is 2. The van der Waals surface area contributed by atoms with Gasteiger partial charge in [0, 0.05) is 10.9 Å². The van der Waals surface area contributed by atoms with Crippen molar-refractivity contribution in [2.75, 3.05) is 7.11 Å². The summed E-state index contributed by atoms with van der Waals surface area (Å²) in [5, 5.41) is 9.19. The number of carbonyl (C=O) groups is 1. The highest BCUT2D eigenvalue weighted by atomic mass is 32.1. The third-order valence-corrected chi connectivity index (χ3v) is 5.26. The molecule has 0 aliphatic heterocycles. The monoisotopic (exact) mass is 471 g/mol. The number of amides is 1. The molecule has 11 heteroatoms. The third kappa shape index (κ3) is 5.09. The van der Waals surface area contributed by atoms with Crippen molar-refractivity contribution in [3.63, 3.8) is 0 Å². The first-order valence-corrected chi connectivity index (χ1v) is 10.4. The predicted molar refractivity (Wildman–Crippen MR) is 118 cm³/mol. The summed E-state index contributed by atoms with van der Waals surface area (Å²) in [5.41, 5.74) is 2.60. The van der Waals surface area contributed by atoms with E-state index in [4.69, 9.17) is 4.74 Å². The Balaban J connectivity index is 1.55.